The predicted molar refractivity (Wildman–Crippen MR) is 102 cm³/mol. The van der Waals surface area contributed by atoms with Crippen molar-refractivity contribution in [2.45, 2.75) is 44.4 Å². The Morgan fingerprint density at radius 3 is 3.00 bits per heavy atom. The SMILES string of the molecule is O=C(O)c1csc(CC2CCCN(C(=O)C3CCCc4ncccc43)C2)n1. The molecule has 2 aromatic rings. The van der Waals surface area contributed by atoms with Crippen molar-refractivity contribution < 1.29 is 14.7 Å². The molecule has 2 unspecified atom stereocenters. The Morgan fingerprint density at radius 1 is 1.30 bits per heavy atom. The van der Waals surface area contributed by atoms with E-state index in [-0.39, 0.29) is 17.5 Å². The number of amides is 1. The highest BCUT2D eigenvalue weighted by Crippen LogP contribution is 2.33. The van der Waals surface area contributed by atoms with Gasteiger partial charge in [-0.3, -0.25) is 9.78 Å². The summed E-state index contributed by atoms with van der Waals surface area (Å²) >= 11 is 1.40. The summed E-state index contributed by atoms with van der Waals surface area (Å²) in [5, 5.41) is 11.5. The molecule has 0 saturated carbocycles. The molecule has 2 aliphatic rings. The highest BCUT2D eigenvalue weighted by molar-refractivity contribution is 7.09. The number of carbonyl (C=O) groups excluding carboxylic acids is 1. The number of piperidine rings is 1. The van der Waals surface area contributed by atoms with E-state index in [1.807, 2.05) is 17.2 Å². The van der Waals surface area contributed by atoms with Crippen LogP contribution in [-0.4, -0.2) is 44.9 Å². The van der Waals surface area contributed by atoms with Crippen molar-refractivity contribution in [1.82, 2.24) is 14.9 Å². The van der Waals surface area contributed by atoms with Gasteiger partial charge in [-0.25, -0.2) is 9.78 Å². The number of carbonyl (C=O) groups is 2. The molecule has 7 heteroatoms. The molecule has 0 spiro atoms. The van der Waals surface area contributed by atoms with Gasteiger partial charge in [0.05, 0.1) is 10.9 Å². The number of hydrogen-bond acceptors (Lipinski definition) is 5. The van der Waals surface area contributed by atoms with Crippen LogP contribution >= 0.6 is 11.3 Å². The first-order chi connectivity index (χ1) is 13.1. The lowest BCUT2D eigenvalue weighted by Gasteiger charge is -2.36. The maximum Gasteiger partial charge on any atom is 0.355 e. The number of aromatic nitrogens is 2. The fourth-order valence-electron chi connectivity index (χ4n) is 4.26. The van der Waals surface area contributed by atoms with Crippen LogP contribution in [0.3, 0.4) is 0 Å². The Bertz CT molecular complexity index is 851. The highest BCUT2D eigenvalue weighted by Gasteiger charge is 2.33. The van der Waals surface area contributed by atoms with Gasteiger partial charge in [0.2, 0.25) is 5.91 Å². The van der Waals surface area contributed by atoms with Crippen molar-refractivity contribution in [3.63, 3.8) is 0 Å². The molecule has 142 valence electrons. The number of fused-ring (bicyclic) bond motifs is 1. The van der Waals surface area contributed by atoms with E-state index in [1.165, 1.54) is 11.3 Å². The minimum Gasteiger partial charge on any atom is -0.476 e. The van der Waals surface area contributed by atoms with E-state index in [1.54, 1.807) is 5.38 Å². The molecule has 3 heterocycles. The van der Waals surface area contributed by atoms with Crippen molar-refractivity contribution in [2.75, 3.05) is 13.1 Å². The molecule has 0 aromatic carbocycles. The summed E-state index contributed by atoms with van der Waals surface area (Å²) in [6.45, 7) is 1.53. The average molecular weight is 385 g/mol. The Morgan fingerprint density at radius 2 is 2.19 bits per heavy atom. The summed E-state index contributed by atoms with van der Waals surface area (Å²) in [6, 6.07) is 3.97. The number of thiazole rings is 1. The van der Waals surface area contributed by atoms with Crippen LogP contribution in [0.5, 0.6) is 0 Å². The van der Waals surface area contributed by atoms with Crippen molar-refractivity contribution >= 4 is 23.2 Å². The molecule has 1 aliphatic heterocycles. The number of pyridine rings is 1. The molecule has 1 N–H and O–H groups in total. The first-order valence-electron chi connectivity index (χ1n) is 9.52. The molecule has 27 heavy (non-hydrogen) atoms. The van der Waals surface area contributed by atoms with E-state index in [2.05, 4.69) is 16.0 Å². The molecule has 1 fully saturated rings. The van der Waals surface area contributed by atoms with E-state index in [4.69, 9.17) is 5.11 Å². The van der Waals surface area contributed by atoms with Gasteiger partial charge in [-0.15, -0.1) is 11.3 Å². The molecule has 6 nitrogen and oxygen atoms in total. The number of carboxylic acids is 1. The van der Waals surface area contributed by atoms with Crippen LogP contribution < -0.4 is 0 Å². The molecular weight excluding hydrogens is 362 g/mol. The van der Waals surface area contributed by atoms with Crippen LogP contribution in [0, 0.1) is 5.92 Å². The minimum atomic E-state index is -0.984. The van der Waals surface area contributed by atoms with Gasteiger partial charge < -0.3 is 10.0 Å². The monoisotopic (exact) mass is 385 g/mol. The van der Waals surface area contributed by atoms with Gasteiger partial charge in [0, 0.05) is 36.8 Å². The second kappa shape index (κ2) is 7.76. The highest BCUT2D eigenvalue weighted by atomic mass is 32.1. The lowest BCUT2D eigenvalue weighted by Crippen LogP contribution is -2.43. The third kappa shape index (κ3) is 3.88. The zero-order chi connectivity index (χ0) is 18.8. The van der Waals surface area contributed by atoms with Crippen molar-refractivity contribution in [3.8, 4) is 0 Å². The van der Waals surface area contributed by atoms with Gasteiger partial charge in [-0.05, 0) is 49.7 Å². The van der Waals surface area contributed by atoms with Crippen LogP contribution in [0.15, 0.2) is 23.7 Å². The molecule has 0 bridgehead atoms. The second-order valence-corrected chi connectivity index (χ2v) is 8.36. The van der Waals surface area contributed by atoms with Crippen LogP contribution in [0.1, 0.15) is 58.4 Å². The molecule has 1 saturated heterocycles. The number of aryl methyl sites for hydroxylation is 1. The van der Waals surface area contributed by atoms with Crippen LogP contribution in [-0.2, 0) is 17.6 Å². The first kappa shape index (κ1) is 18.1. The quantitative estimate of drug-likeness (QED) is 0.874. The van der Waals surface area contributed by atoms with Gasteiger partial charge >= 0.3 is 5.97 Å². The zero-order valence-corrected chi connectivity index (χ0v) is 16.0. The Kier molecular flexibility index (Phi) is 5.20. The lowest BCUT2D eigenvalue weighted by atomic mass is 9.84. The summed E-state index contributed by atoms with van der Waals surface area (Å²) in [5.41, 5.74) is 2.28. The Labute approximate surface area is 162 Å². The summed E-state index contributed by atoms with van der Waals surface area (Å²) in [5.74, 6) is -0.492. The zero-order valence-electron chi connectivity index (χ0n) is 15.1. The van der Waals surface area contributed by atoms with E-state index >= 15 is 0 Å². The molecule has 1 aliphatic carbocycles. The standard InChI is InChI=1S/C20H23N3O3S/c24-19(15-5-1-7-16-14(15)6-2-8-21-16)23-9-3-4-13(11-23)10-18-22-17(12-27-18)20(25)26/h2,6,8,12-13,15H,1,3-5,7,9-11H2,(H,25,26). The molecule has 2 atom stereocenters. The number of nitrogens with zero attached hydrogens (tertiary/aromatic N) is 3. The van der Waals surface area contributed by atoms with Crippen molar-refractivity contribution in [1.29, 1.82) is 0 Å². The van der Waals surface area contributed by atoms with Crippen LogP contribution in [0.25, 0.3) is 0 Å². The molecular formula is C20H23N3O3S. The van der Waals surface area contributed by atoms with Crippen LogP contribution in [0.2, 0.25) is 0 Å². The largest absolute Gasteiger partial charge is 0.476 e. The minimum absolute atomic E-state index is 0.0697. The van der Waals surface area contributed by atoms with E-state index in [0.29, 0.717) is 5.92 Å². The maximum absolute atomic E-state index is 13.2. The molecule has 0 radical (unpaired) electrons. The van der Waals surface area contributed by atoms with Gasteiger partial charge in [0.15, 0.2) is 5.69 Å². The summed E-state index contributed by atoms with van der Waals surface area (Å²) in [7, 11) is 0. The average Bonchev–Trinajstić information content (AvgIpc) is 3.16. The predicted octanol–water partition coefficient (Wildman–Crippen LogP) is 3.14. The number of aromatic carboxylic acids is 1. The summed E-state index contributed by atoms with van der Waals surface area (Å²) in [6.07, 6.45) is 7.45. The Balaban J connectivity index is 1.43. The Hall–Kier alpha value is -2.28. The molecule has 4 rings (SSSR count). The van der Waals surface area contributed by atoms with Crippen LogP contribution in [0.4, 0.5) is 0 Å². The summed E-state index contributed by atoms with van der Waals surface area (Å²) < 4.78 is 0. The van der Waals surface area contributed by atoms with Gasteiger partial charge in [0.1, 0.15) is 0 Å². The lowest BCUT2D eigenvalue weighted by molar-refractivity contribution is -0.135. The fourth-order valence-corrected chi connectivity index (χ4v) is 5.15. The van der Waals surface area contributed by atoms with Gasteiger partial charge in [-0.2, -0.15) is 0 Å². The van der Waals surface area contributed by atoms with Crippen molar-refractivity contribution in [2.24, 2.45) is 5.92 Å². The summed E-state index contributed by atoms with van der Waals surface area (Å²) in [4.78, 5) is 34.9. The smallest absolute Gasteiger partial charge is 0.355 e. The van der Waals surface area contributed by atoms with E-state index in [0.717, 1.165) is 67.9 Å². The fraction of sp³-hybridized carbons (Fsp3) is 0.500. The topological polar surface area (TPSA) is 83.4 Å². The normalized spacial score (nSPS) is 22.3. The second-order valence-electron chi connectivity index (χ2n) is 7.41. The number of likely N-dealkylation sites (tertiary alicyclic amines) is 1. The number of carboxylic acid groups (broad SMARTS) is 1. The van der Waals surface area contributed by atoms with Gasteiger partial charge in [0.25, 0.3) is 0 Å². The number of hydrogen-bond donors (Lipinski definition) is 1. The van der Waals surface area contributed by atoms with E-state index < -0.39 is 5.97 Å². The maximum atomic E-state index is 13.2. The number of rotatable bonds is 4. The first-order valence-corrected chi connectivity index (χ1v) is 10.4. The van der Waals surface area contributed by atoms with Crippen molar-refractivity contribution in [3.05, 3.63) is 45.7 Å². The van der Waals surface area contributed by atoms with Gasteiger partial charge in [-0.1, -0.05) is 6.07 Å². The molecule has 2 aromatic heterocycles. The third-order valence-electron chi connectivity index (χ3n) is 5.57. The van der Waals surface area contributed by atoms with E-state index in [9.17, 15) is 9.59 Å². The molecule has 1 amide bonds. The third-order valence-corrected chi connectivity index (χ3v) is 6.44.